The SMILES string of the molecule is C=C(C)C(=O)c1cc(F)c(Cl)cc1F. The van der Waals surface area contributed by atoms with Gasteiger partial charge in [0, 0.05) is 0 Å². The maximum absolute atomic E-state index is 13.1. The average molecular weight is 217 g/mol. The van der Waals surface area contributed by atoms with Crippen LogP contribution in [-0.4, -0.2) is 5.78 Å². The van der Waals surface area contributed by atoms with E-state index in [2.05, 4.69) is 6.58 Å². The van der Waals surface area contributed by atoms with Gasteiger partial charge in [-0.05, 0) is 24.6 Å². The smallest absolute Gasteiger partial charge is 0.191 e. The molecule has 0 radical (unpaired) electrons. The Morgan fingerprint density at radius 3 is 2.43 bits per heavy atom. The van der Waals surface area contributed by atoms with E-state index in [4.69, 9.17) is 11.6 Å². The highest BCUT2D eigenvalue weighted by molar-refractivity contribution is 6.30. The van der Waals surface area contributed by atoms with E-state index in [0.29, 0.717) is 0 Å². The fourth-order valence-electron chi connectivity index (χ4n) is 0.926. The van der Waals surface area contributed by atoms with Crippen LogP contribution in [0.1, 0.15) is 17.3 Å². The molecular formula is C10H7ClF2O. The van der Waals surface area contributed by atoms with Crippen LogP contribution in [-0.2, 0) is 0 Å². The highest BCUT2D eigenvalue weighted by Gasteiger charge is 2.15. The third kappa shape index (κ3) is 1.99. The zero-order valence-corrected chi connectivity index (χ0v) is 8.16. The summed E-state index contributed by atoms with van der Waals surface area (Å²) in [5.41, 5.74) is -0.204. The lowest BCUT2D eigenvalue weighted by Gasteiger charge is -2.02. The van der Waals surface area contributed by atoms with E-state index in [1.54, 1.807) is 0 Å². The van der Waals surface area contributed by atoms with Crippen LogP contribution in [0.4, 0.5) is 8.78 Å². The normalized spacial score (nSPS) is 10.0. The van der Waals surface area contributed by atoms with E-state index in [-0.39, 0.29) is 16.2 Å². The number of Topliss-reactive ketones (excluding diaryl/α,β-unsaturated/α-hetero) is 1. The molecule has 1 rings (SSSR count). The molecule has 0 unspecified atom stereocenters. The Kier molecular flexibility index (Phi) is 3.01. The molecule has 0 amide bonds. The van der Waals surface area contributed by atoms with Crippen molar-refractivity contribution in [3.05, 3.63) is 46.5 Å². The molecule has 0 saturated heterocycles. The molecule has 0 spiro atoms. The molecule has 0 fully saturated rings. The van der Waals surface area contributed by atoms with Crippen LogP contribution in [0, 0.1) is 11.6 Å². The van der Waals surface area contributed by atoms with Crippen molar-refractivity contribution in [2.75, 3.05) is 0 Å². The number of ketones is 1. The van der Waals surface area contributed by atoms with E-state index in [9.17, 15) is 13.6 Å². The van der Waals surface area contributed by atoms with Crippen LogP contribution in [0.15, 0.2) is 24.3 Å². The van der Waals surface area contributed by atoms with Crippen LogP contribution in [0.5, 0.6) is 0 Å². The maximum Gasteiger partial charge on any atom is 0.191 e. The second-order valence-corrected chi connectivity index (χ2v) is 3.26. The second-order valence-electron chi connectivity index (χ2n) is 2.86. The first-order valence-electron chi connectivity index (χ1n) is 3.78. The zero-order valence-electron chi connectivity index (χ0n) is 7.40. The molecule has 0 bridgehead atoms. The van der Waals surface area contributed by atoms with Gasteiger partial charge >= 0.3 is 0 Å². The van der Waals surface area contributed by atoms with Gasteiger partial charge in [-0.2, -0.15) is 0 Å². The van der Waals surface area contributed by atoms with Gasteiger partial charge < -0.3 is 0 Å². The molecule has 0 saturated carbocycles. The van der Waals surface area contributed by atoms with Gasteiger partial charge in [0.2, 0.25) is 0 Å². The number of hydrogen-bond acceptors (Lipinski definition) is 1. The number of halogens is 3. The molecule has 0 heterocycles. The third-order valence-electron chi connectivity index (χ3n) is 1.64. The molecule has 4 heteroatoms. The quantitative estimate of drug-likeness (QED) is 0.421. The predicted octanol–water partition coefficient (Wildman–Crippen LogP) is 3.38. The molecule has 74 valence electrons. The summed E-state index contributed by atoms with van der Waals surface area (Å²) in [7, 11) is 0. The lowest BCUT2D eigenvalue weighted by molar-refractivity contribution is 0.103. The molecule has 0 N–H and O–H groups in total. The van der Waals surface area contributed by atoms with E-state index in [1.807, 2.05) is 0 Å². The Morgan fingerprint density at radius 2 is 1.93 bits per heavy atom. The Hall–Kier alpha value is -1.22. The van der Waals surface area contributed by atoms with E-state index >= 15 is 0 Å². The molecule has 0 aliphatic carbocycles. The lowest BCUT2D eigenvalue weighted by atomic mass is 10.1. The first kappa shape index (κ1) is 10.9. The molecule has 0 aliphatic heterocycles. The summed E-state index contributed by atoms with van der Waals surface area (Å²) in [6.45, 7) is 4.78. The number of carbonyl (C=O) groups is 1. The van der Waals surface area contributed by atoms with Gasteiger partial charge in [0.15, 0.2) is 5.78 Å². The number of rotatable bonds is 2. The monoisotopic (exact) mass is 216 g/mol. The Bertz CT molecular complexity index is 413. The molecule has 14 heavy (non-hydrogen) atoms. The zero-order chi connectivity index (χ0) is 10.9. The molecule has 0 aliphatic rings. The van der Waals surface area contributed by atoms with Gasteiger partial charge in [0.1, 0.15) is 11.6 Å². The van der Waals surface area contributed by atoms with Gasteiger partial charge in [0.25, 0.3) is 0 Å². The summed E-state index contributed by atoms with van der Waals surface area (Å²) in [5, 5.41) is -0.347. The van der Waals surface area contributed by atoms with Gasteiger partial charge in [0.05, 0.1) is 10.6 Å². The summed E-state index contributed by atoms with van der Waals surface area (Å²) in [4.78, 5) is 11.3. The third-order valence-corrected chi connectivity index (χ3v) is 1.93. The highest BCUT2D eigenvalue weighted by atomic mass is 35.5. The van der Waals surface area contributed by atoms with Gasteiger partial charge in [-0.25, -0.2) is 8.78 Å². The highest BCUT2D eigenvalue weighted by Crippen LogP contribution is 2.20. The van der Waals surface area contributed by atoms with Crippen LogP contribution < -0.4 is 0 Å². The molecular weight excluding hydrogens is 210 g/mol. The first-order valence-corrected chi connectivity index (χ1v) is 4.16. The topological polar surface area (TPSA) is 17.1 Å². The van der Waals surface area contributed by atoms with Crippen LogP contribution in [0.25, 0.3) is 0 Å². The fourth-order valence-corrected chi connectivity index (χ4v) is 1.08. The largest absolute Gasteiger partial charge is 0.289 e. The van der Waals surface area contributed by atoms with Crippen molar-refractivity contribution in [1.82, 2.24) is 0 Å². The molecule has 1 nitrogen and oxygen atoms in total. The van der Waals surface area contributed by atoms with Crippen LogP contribution >= 0.6 is 11.6 Å². The predicted molar refractivity (Wildman–Crippen MR) is 50.5 cm³/mol. The minimum absolute atomic E-state index is 0.144. The van der Waals surface area contributed by atoms with Crippen molar-refractivity contribution in [2.24, 2.45) is 0 Å². The van der Waals surface area contributed by atoms with Crippen molar-refractivity contribution in [3.8, 4) is 0 Å². The van der Waals surface area contributed by atoms with Crippen molar-refractivity contribution >= 4 is 17.4 Å². The second kappa shape index (κ2) is 3.88. The molecule has 1 aromatic carbocycles. The van der Waals surface area contributed by atoms with E-state index in [1.165, 1.54) is 6.92 Å². The molecule has 1 aromatic rings. The van der Waals surface area contributed by atoms with Gasteiger partial charge in [-0.3, -0.25) is 4.79 Å². The van der Waals surface area contributed by atoms with Crippen LogP contribution in [0.3, 0.4) is 0 Å². The Morgan fingerprint density at radius 1 is 1.36 bits per heavy atom. The number of benzene rings is 1. The van der Waals surface area contributed by atoms with Crippen LogP contribution in [0.2, 0.25) is 5.02 Å². The van der Waals surface area contributed by atoms with E-state index in [0.717, 1.165) is 12.1 Å². The van der Waals surface area contributed by atoms with Gasteiger partial charge in [-0.1, -0.05) is 18.2 Å². The summed E-state index contributed by atoms with van der Waals surface area (Å²) in [6, 6.07) is 1.54. The van der Waals surface area contributed by atoms with Crippen molar-refractivity contribution < 1.29 is 13.6 Å². The number of hydrogen-bond donors (Lipinski definition) is 0. The van der Waals surface area contributed by atoms with Crippen molar-refractivity contribution in [1.29, 1.82) is 0 Å². The Balaban J connectivity index is 3.29. The minimum atomic E-state index is -0.843. The molecule has 0 atom stereocenters. The first-order chi connectivity index (χ1) is 6.43. The fraction of sp³-hybridized carbons (Fsp3) is 0.100. The summed E-state index contributed by atoms with van der Waals surface area (Å²) < 4.78 is 26.0. The number of carbonyl (C=O) groups excluding carboxylic acids is 1. The standard InChI is InChI=1S/C10H7ClF2O/c1-5(2)10(14)6-3-9(13)7(11)4-8(6)12/h3-4H,1H2,2H3. The van der Waals surface area contributed by atoms with Gasteiger partial charge in [-0.15, -0.1) is 0 Å². The van der Waals surface area contributed by atoms with E-state index < -0.39 is 17.4 Å². The van der Waals surface area contributed by atoms with Crippen molar-refractivity contribution in [3.63, 3.8) is 0 Å². The average Bonchev–Trinajstić information content (AvgIpc) is 2.10. The number of allylic oxidation sites excluding steroid dienone is 1. The summed E-state index contributed by atoms with van der Waals surface area (Å²) in [6.07, 6.45) is 0. The lowest BCUT2D eigenvalue weighted by Crippen LogP contribution is -2.04. The summed E-state index contributed by atoms with van der Waals surface area (Å²) >= 11 is 5.32. The maximum atomic E-state index is 13.1. The Labute approximate surface area is 85.0 Å². The minimum Gasteiger partial charge on any atom is -0.289 e. The summed E-state index contributed by atoms with van der Waals surface area (Å²) in [5.74, 6) is -2.29. The molecule has 0 aromatic heterocycles. The van der Waals surface area contributed by atoms with Crippen molar-refractivity contribution in [2.45, 2.75) is 6.92 Å².